The molecule has 2 atom stereocenters. The molecule has 3 saturated carbocycles. The second-order valence-electron chi connectivity index (χ2n) is 10.0. The Labute approximate surface area is 164 Å². The highest BCUT2D eigenvalue weighted by molar-refractivity contribution is 4.86. The maximum absolute atomic E-state index is 6.11. The number of hydrogen-bond acceptors (Lipinski definition) is 1. The van der Waals surface area contributed by atoms with Crippen LogP contribution in [-0.4, -0.2) is 12.7 Å². The van der Waals surface area contributed by atoms with Crippen LogP contribution < -0.4 is 0 Å². The molecule has 0 radical (unpaired) electrons. The first-order valence-corrected chi connectivity index (χ1v) is 12.4. The van der Waals surface area contributed by atoms with Crippen molar-refractivity contribution >= 4 is 0 Å². The number of unbranched alkanes of at least 4 members (excludes halogenated alkanes) is 1. The maximum Gasteiger partial charge on any atom is 0.0577 e. The van der Waals surface area contributed by atoms with Crippen molar-refractivity contribution in [1.82, 2.24) is 0 Å². The molecule has 3 fully saturated rings. The highest BCUT2D eigenvalue weighted by atomic mass is 16.5. The summed E-state index contributed by atoms with van der Waals surface area (Å²) in [5, 5.41) is 0. The largest absolute Gasteiger partial charge is 0.378 e. The van der Waals surface area contributed by atoms with Gasteiger partial charge in [-0.2, -0.15) is 0 Å². The molecular weight excluding hydrogens is 316 g/mol. The molecule has 0 aromatic heterocycles. The lowest BCUT2D eigenvalue weighted by Crippen LogP contribution is -2.32. The van der Waals surface area contributed by atoms with E-state index in [2.05, 4.69) is 13.8 Å². The Morgan fingerprint density at radius 3 is 1.88 bits per heavy atom. The van der Waals surface area contributed by atoms with E-state index in [1.54, 1.807) is 38.5 Å². The molecule has 0 N–H and O–H groups in total. The van der Waals surface area contributed by atoms with Crippen LogP contribution >= 0.6 is 0 Å². The first-order valence-electron chi connectivity index (χ1n) is 12.4. The Bertz CT molecular complexity index is 362. The van der Waals surface area contributed by atoms with Crippen molar-refractivity contribution in [2.75, 3.05) is 6.61 Å². The van der Waals surface area contributed by atoms with Crippen LogP contribution in [0.3, 0.4) is 0 Å². The molecule has 1 heteroatoms. The average Bonchev–Trinajstić information content (AvgIpc) is 2.71. The predicted octanol–water partition coefficient (Wildman–Crippen LogP) is 7.77. The van der Waals surface area contributed by atoms with Gasteiger partial charge >= 0.3 is 0 Å². The van der Waals surface area contributed by atoms with Crippen molar-refractivity contribution in [2.45, 2.75) is 123 Å². The highest BCUT2D eigenvalue weighted by Gasteiger charge is 2.35. The van der Waals surface area contributed by atoms with Crippen LogP contribution in [0, 0.1) is 29.6 Å². The molecule has 3 rings (SSSR count). The maximum atomic E-state index is 6.11. The van der Waals surface area contributed by atoms with E-state index in [1.165, 1.54) is 64.2 Å². The molecule has 3 aliphatic rings. The number of ether oxygens (including phenoxy) is 1. The first-order chi connectivity index (χ1) is 12.8. The highest BCUT2D eigenvalue weighted by Crippen LogP contribution is 2.46. The molecule has 26 heavy (non-hydrogen) atoms. The summed E-state index contributed by atoms with van der Waals surface area (Å²) in [6.45, 7) is 5.55. The quantitative estimate of drug-likeness (QED) is 0.428. The van der Waals surface area contributed by atoms with Gasteiger partial charge in [-0.3, -0.25) is 0 Å². The van der Waals surface area contributed by atoms with E-state index in [-0.39, 0.29) is 0 Å². The zero-order valence-electron chi connectivity index (χ0n) is 17.9. The van der Waals surface area contributed by atoms with Gasteiger partial charge in [0.15, 0.2) is 0 Å². The second-order valence-corrected chi connectivity index (χ2v) is 10.0. The molecule has 0 amide bonds. The summed E-state index contributed by atoms with van der Waals surface area (Å²) in [5.74, 6) is 5.25. The molecule has 0 unspecified atom stereocenters. The predicted molar refractivity (Wildman–Crippen MR) is 112 cm³/mol. The summed E-state index contributed by atoms with van der Waals surface area (Å²) in [7, 11) is 0. The molecule has 0 aliphatic heterocycles. The lowest BCUT2D eigenvalue weighted by molar-refractivity contribution is -0.00367. The Morgan fingerprint density at radius 1 is 0.654 bits per heavy atom. The third-order valence-corrected chi connectivity index (χ3v) is 8.23. The van der Waals surface area contributed by atoms with E-state index in [1.807, 2.05) is 0 Å². The summed E-state index contributed by atoms with van der Waals surface area (Å²) in [6, 6.07) is 0. The van der Waals surface area contributed by atoms with Gasteiger partial charge in [-0.25, -0.2) is 0 Å². The summed E-state index contributed by atoms with van der Waals surface area (Å²) in [5.41, 5.74) is 0. The van der Waals surface area contributed by atoms with E-state index in [0.29, 0.717) is 6.10 Å². The monoisotopic (exact) mass is 362 g/mol. The van der Waals surface area contributed by atoms with Gasteiger partial charge in [0.1, 0.15) is 0 Å². The third-order valence-electron chi connectivity index (χ3n) is 8.23. The topological polar surface area (TPSA) is 9.23 Å². The fourth-order valence-corrected chi connectivity index (χ4v) is 6.57. The Hall–Kier alpha value is -0.0400. The number of rotatable bonds is 8. The Kier molecular flexibility index (Phi) is 8.82. The summed E-state index contributed by atoms with van der Waals surface area (Å²) < 4.78 is 6.11. The number of hydrogen-bond donors (Lipinski definition) is 0. The van der Waals surface area contributed by atoms with Gasteiger partial charge in [-0.1, -0.05) is 52.4 Å². The third kappa shape index (κ3) is 5.98. The van der Waals surface area contributed by atoms with Gasteiger partial charge in [0.2, 0.25) is 0 Å². The zero-order chi connectivity index (χ0) is 18.2. The van der Waals surface area contributed by atoms with Crippen molar-refractivity contribution in [2.24, 2.45) is 29.6 Å². The SMILES string of the molecule is CCCC[C@H]1CC[C@H](C2CCC([C@H]3CCC[C@@H](OCCC)C3)CC2)CC1. The zero-order valence-corrected chi connectivity index (χ0v) is 17.9. The second kappa shape index (κ2) is 11.1. The van der Waals surface area contributed by atoms with Gasteiger partial charge in [-0.05, 0) is 93.8 Å². The fourth-order valence-electron chi connectivity index (χ4n) is 6.57. The van der Waals surface area contributed by atoms with Gasteiger partial charge in [-0.15, -0.1) is 0 Å². The van der Waals surface area contributed by atoms with Gasteiger partial charge in [0, 0.05) is 6.61 Å². The van der Waals surface area contributed by atoms with Crippen molar-refractivity contribution in [1.29, 1.82) is 0 Å². The molecule has 3 aliphatic carbocycles. The molecule has 0 aromatic rings. The van der Waals surface area contributed by atoms with Crippen LogP contribution in [-0.2, 0) is 4.74 Å². The molecule has 0 bridgehead atoms. The average molecular weight is 363 g/mol. The molecule has 152 valence electrons. The molecule has 0 aromatic carbocycles. The van der Waals surface area contributed by atoms with Crippen molar-refractivity contribution < 1.29 is 4.74 Å². The van der Waals surface area contributed by atoms with E-state index in [0.717, 1.165) is 36.2 Å². The van der Waals surface area contributed by atoms with Gasteiger partial charge in [0.25, 0.3) is 0 Å². The van der Waals surface area contributed by atoms with Crippen molar-refractivity contribution in [3.8, 4) is 0 Å². The minimum atomic E-state index is 0.588. The minimum absolute atomic E-state index is 0.588. The van der Waals surface area contributed by atoms with Crippen molar-refractivity contribution in [3.63, 3.8) is 0 Å². The van der Waals surface area contributed by atoms with Gasteiger partial charge < -0.3 is 4.74 Å². The lowest BCUT2D eigenvalue weighted by atomic mass is 9.65. The molecular formula is C25H46O. The van der Waals surface area contributed by atoms with Crippen LogP contribution in [0.15, 0.2) is 0 Å². The van der Waals surface area contributed by atoms with E-state index in [4.69, 9.17) is 4.74 Å². The summed E-state index contributed by atoms with van der Waals surface area (Å²) >= 11 is 0. The van der Waals surface area contributed by atoms with Crippen LogP contribution in [0.25, 0.3) is 0 Å². The van der Waals surface area contributed by atoms with E-state index in [9.17, 15) is 0 Å². The van der Waals surface area contributed by atoms with Crippen LogP contribution in [0.5, 0.6) is 0 Å². The molecule has 0 heterocycles. The van der Waals surface area contributed by atoms with Crippen LogP contribution in [0.4, 0.5) is 0 Å². The smallest absolute Gasteiger partial charge is 0.0577 e. The molecule has 0 saturated heterocycles. The minimum Gasteiger partial charge on any atom is -0.378 e. The van der Waals surface area contributed by atoms with Crippen molar-refractivity contribution in [3.05, 3.63) is 0 Å². The standard InChI is InChI=1S/C25H46O/c1-3-5-7-20-10-12-21(13-11-20)22-14-16-23(17-15-22)24-8-6-9-25(19-24)26-18-4-2/h20-25H,3-19H2,1-2H3/t20-,21-,22?,23?,24-,25+/m0/s1. The Balaban J connectivity index is 1.36. The lowest BCUT2D eigenvalue weighted by Gasteiger charge is -2.41. The fraction of sp³-hybridized carbons (Fsp3) is 1.00. The van der Waals surface area contributed by atoms with Crippen LogP contribution in [0.1, 0.15) is 117 Å². The van der Waals surface area contributed by atoms with Gasteiger partial charge in [0.05, 0.1) is 6.10 Å². The van der Waals surface area contributed by atoms with E-state index < -0.39 is 0 Å². The first kappa shape index (κ1) is 20.7. The van der Waals surface area contributed by atoms with Crippen LogP contribution in [0.2, 0.25) is 0 Å². The summed E-state index contributed by atoms with van der Waals surface area (Å²) in [6.07, 6.45) is 24.1. The summed E-state index contributed by atoms with van der Waals surface area (Å²) in [4.78, 5) is 0. The molecule has 1 nitrogen and oxygen atoms in total. The Morgan fingerprint density at radius 2 is 1.27 bits per heavy atom. The normalized spacial score (nSPS) is 39.0. The van der Waals surface area contributed by atoms with E-state index >= 15 is 0 Å². The molecule has 0 spiro atoms.